The predicted octanol–water partition coefficient (Wildman–Crippen LogP) is 4.58. The molecule has 1 aliphatic heterocycles. The number of nitrogens with zero attached hydrogens (tertiary/aromatic N) is 2. The lowest BCUT2D eigenvalue weighted by Crippen LogP contribution is -2.40. The van der Waals surface area contributed by atoms with Crippen LogP contribution >= 0.6 is 23.2 Å². The fourth-order valence-corrected chi connectivity index (χ4v) is 3.70. The quantitative estimate of drug-likeness (QED) is 0.486. The van der Waals surface area contributed by atoms with E-state index in [1.165, 1.54) is 5.82 Å². The van der Waals surface area contributed by atoms with Crippen molar-refractivity contribution in [2.24, 2.45) is 0 Å². The molecule has 5 heteroatoms. The lowest BCUT2D eigenvalue weighted by molar-refractivity contribution is -0.689. The molecule has 0 atom stereocenters. The van der Waals surface area contributed by atoms with E-state index in [0.29, 0.717) is 16.6 Å². The molecule has 0 amide bonds. The zero-order chi connectivity index (χ0) is 17.4. The van der Waals surface area contributed by atoms with Crippen LogP contribution in [0.3, 0.4) is 0 Å². The van der Waals surface area contributed by atoms with E-state index in [1.54, 1.807) is 0 Å². The summed E-state index contributed by atoms with van der Waals surface area (Å²) < 4.78 is 4.35. The van der Waals surface area contributed by atoms with Crippen molar-refractivity contribution in [3.63, 3.8) is 0 Å². The molecule has 0 N–H and O–H groups in total. The normalized spacial score (nSPS) is 13.0. The Hall–Kier alpha value is -2.10. The van der Waals surface area contributed by atoms with Gasteiger partial charge in [0.15, 0.2) is 12.2 Å². The molecule has 0 aliphatic carbocycles. The number of rotatable bonds is 4. The highest BCUT2D eigenvalue weighted by Crippen LogP contribution is 2.30. The third-order valence-corrected chi connectivity index (χ3v) is 5.36. The second-order valence-corrected chi connectivity index (χ2v) is 7.05. The molecule has 0 saturated carbocycles. The van der Waals surface area contributed by atoms with Crippen molar-refractivity contribution in [2.75, 3.05) is 0 Å². The second kappa shape index (κ2) is 6.66. The van der Waals surface area contributed by atoms with Crippen LogP contribution in [0.1, 0.15) is 22.6 Å². The summed E-state index contributed by atoms with van der Waals surface area (Å²) in [6.07, 6.45) is 4.11. The Morgan fingerprint density at radius 1 is 1.08 bits per heavy atom. The number of ketones is 1. The van der Waals surface area contributed by atoms with Crippen molar-refractivity contribution in [1.82, 2.24) is 4.57 Å². The number of hydrogen-bond donors (Lipinski definition) is 0. The van der Waals surface area contributed by atoms with E-state index in [1.807, 2.05) is 48.5 Å². The average Bonchev–Trinajstić information content (AvgIpc) is 3.22. The largest absolute Gasteiger partial charge is 0.290 e. The molecule has 4 rings (SSSR count). The molecule has 126 valence electrons. The summed E-state index contributed by atoms with van der Waals surface area (Å²) in [4.78, 5) is 12.6. The van der Waals surface area contributed by atoms with Crippen LogP contribution in [-0.2, 0) is 19.5 Å². The SMILES string of the molecule is O=C(C[n+]1cc(-c2ccc(Cl)c(Cl)c2)n2c1CCC2)c1ccccc1. The number of fused-ring (bicyclic) bond motifs is 1. The monoisotopic (exact) mass is 371 g/mol. The molecule has 3 aromatic rings. The van der Waals surface area contributed by atoms with Gasteiger partial charge in [0.25, 0.3) is 5.82 Å². The zero-order valence-electron chi connectivity index (χ0n) is 13.6. The highest BCUT2D eigenvalue weighted by molar-refractivity contribution is 6.42. The second-order valence-electron chi connectivity index (χ2n) is 6.23. The summed E-state index contributed by atoms with van der Waals surface area (Å²) in [5, 5.41) is 1.09. The van der Waals surface area contributed by atoms with Gasteiger partial charge in [-0.1, -0.05) is 53.5 Å². The standard InChI is InChI=1S/C20H17Cl2N2O/c21-16-9-8-15(11-17(16)22)18-12-23(20-7-4-10-24(18)20)13-19(25)14-5-2-1-3-6-14/h1-3,5-6,8-9,11-12H,4,7,10,13H2/q+1. The van der Waals surface area contributed by atoms with Crippen molar-refractivity contribution in [3.8, 4) is 11.3 Å². The highest BCUT2D eigenvalue weighted by atomic mass is 35.5. The fraction of sp³-hybridized carbons (Fsp3) is 0.200. The highest BCUT2D eigenvalue weighted by Gasteiger charge is 2.29. The van der Waals surface area contributed by atoms with Gasteiger partial charge in [-0.25, -0.2) is 9.13 Å². The lowest BCUT2D eigenvalue weighted by atomic mass is 10.1. The predicted molar refractivity (Wildman–Crippen MR) is 99.2 cm³/mol. The molecule has 0 unspecified atom stereocenters. The van der Waals surface area contributed by atoms with Crippen LogP contribution < -0.4 is 4.57 Å². The molecule has 25 heavy (non-hydrogen) atoms. The zero-order valence-corrected chi connectivity index (χ0v) is 15.1. The summed E-state index contributed by atoms with van der Waals surface area (Å²) >= 11 is 12.2. The third kappa shape index (κ3) is 3.10. The van der Waals surface area contributed by atoms with Gasteiger partial charge in [0.2, 0.25) is 5.78 Å². The van der Waals surface area contributed by atoms with E-state index < -0.39 is 0 Å². The van der Waals surface area contributed by atoms with Gasteiger partial charge >= 0.3 is 0 Å². The molecule has 0 spiro atoms. The van der Waals surface area contributed by atoms with Gasteiger partial charge in [-0.2, -0.15) is 0 Å². The molecule has 2 aromatic carbocycles. The molecular formula is C20H17Cl2N2O+. The van der Waals surface area contributed by atoms with E-state index in [-0.39, 0.29) is 5.78 Å². The molecular weight excluding hydrogens is 355 g/mol. The number of carbonyl (C=O) groups is 1. The van der Waals surface area contributed by atoms with Gasteiger partial charge in [-0.15, -0.1) is 0 Å². The minimum absolute atomic E-state index is 0.117. The molecule has 1 aliphatic rings. The van der Waals surface area contributed by atoms with Gasteiger partial charge in [0.1, 0.15) is 6.20 Å². The summed E-state index contributed by atoms with van der Waals surface area (Å²) in [6, 6.07) is 15.1. The number of halogens is 2. The number of benzene rings is 2. The molecule has 3 nitrogen and oxygen atoms in total. The third-order valence-electron chi connectivity index (χ3n) is 4.62. The summed E-state index contributed by atoms with van der Waals surface area (Å²) in [5.74, 6) is 1.30. The number of hydrogen-bond acceptors (Lipinski definition) is 1. The Bertz CT molecular complexity index is 948. The number of carbonyl (C=O) groups excluding carboxylic acids is 1. The Morgan fingerprint density at radius 3 is 2.64 bits per heavy atom. The van der Waals surface area contributed by atoms with Crippen molar-refractivity contribution in [2.45, 2.75) is 25.9 Å². The van der Waals surface area contributed by atoms with Gasteiger partial charge < -0.3 is 0 Å². The summed E-state index contributed by atoms with van der Waals surface area (Å²) in [6.45, 7) is 1.30. The van der Waals surface area contributed by atoms with Crippen LogP contribution in [0.4, 0.5) is 0 Å². The summed E-state index contributed by atoms with van der Waals surface area (Å²) in [5.41, 5.74) is 2.83. The van der Waals surface area contributed by atoms with Crippen molar-refractivity contribution < 1.29 is 9.36 Å². The van der Waals surface area contributed by atoms with E-state index in [2.05, 4.69) is 15.3 Å². The minimum Gasteiger partial charge on any atom is -0.290 e. The van der Waals surface area contributed by atoms with E-state index in [9.17, 15) is 4.79 Å². The van der Waals surface area contributed by atoms with Gasteiger partial charge in [0.05, 0.1) is 23.0 Å². The summed E-state index contributed by atoms with van der Waals surface area (Å²) in [7, 11) is 0. The number of imidazole rings is 1. The molecule has 1 aromatic heterocycles. The van der Waals surface area contributed by atoms with Gasteiger partial charge in [-0.05, 0) is 24.6 Å². The maximum absolute atomic E-state index is 12.6. The lowest BCUT2D eigenvalue weighted by Gasteiger charge is -2.01. The van der Waals surface area contributed by atoms with E-state index >= 15 is 0 Å². The van der Waals surface area contributed by atoms with Crippen LogP contribution in [0.5, 0.6) is 0 Å². The van der Waals surface area contributed by atoms with Crippen molar-refractivity contribution >= 4 is 29.0 Å². The van der Waals surface area contributed by atoms with Gasteiger partial charge in [-0.3, -0.25) is 4.79 Å². The maximum atomic E-state index is 12.6. The van der Waals surface area contributed by atoms with Crippen molar-refractivity contribution in [1.29, 1.82) is 0 Å². The molecule has 0 radical (unpaired) electrons. The molecule has 2 heterocycles. The topological polar surface area (TPSA) is 25.9 Å². The maximum Gasteiger partial charge on any atom is 0.257 e. The van der Waals surface area contributed by atoms with Crippen LogP contribution in [0, 0.1) is 0 Å². The van der Waals surface area contributed by atoms with Crippen LogP contribution in [-0.4, -0.2) is 10.4 Å². The minimum atomic E-state index is 0.117. The van der Waals surface area contributed by atoms with Crippen LogP contribution in [0.25, 0.3) is 11.3 Å². The smallest absolute Gasteiger partial charge is 0.257 e. The first-order valence-electron chi connectivity index (χ1n) is 8.29. The first-order valence-corrected chi connectivity index (χ1v) is 9.04. The van der Waals surface area contributed by atoms with E-state index in [4.69, 9.17) is 23.2 Å². The first kappa shape index (κ1) is 16.4. The van der Waals surface area contributed by atoms with E-state index in [0.717, 1.165) is 36.2 Å². The Balaban J connectivity index is 1.71. The van der Waals surface area contributed by atoms with Crippen molar-refractivity contribution in [3.05, 3.63) is 76.2 Å². The number of Topliss-reactive ketones (excluding diaryl/α,β-unsaturated/α-hetero) is 1. The number of aromatic nitrogens is 2. The first-order chi connectivity index (χ1) is 12.1. The van der Waals surface area contributed by atoms with Crippen LogP contribution in [0.15, 0.2) is 54.7 Å². The Morgan fingerprint density at radius 2 is 1.88 bits per heavy atom. The average molecular weight is 372 g/mol. The molecule has 0 saturated heterocycles. The Labute approximate surface area is 156 Å². The van der Waals surface area contributed by atoms with Crippen LogP contribution in [0.2, 0.25) is 10.0 Å². The molecule has 0 bridgehead atoms. The Kier molecular flexibility index (Phi) is 4.36. The molecule has 0 fully saturated rings. The fourth-order valence-electron chi connectivity index (χ4n) is 3.40. The van der Waals surface area contributed by atoms with Gasteiger partial charge in [0, 0.05) is 11.1 Å².